The van der Waals surface area contributed by atoms with Crippen molar-refractivity contribution in [3.63, 3.8) is 0 Å². The molecule has 0 spiro atoms. The van der Waals surface area contributed by atoms with E-state index in [9.17, 15) is 4.79 Å². The molecule has 0 aliphatic rings. The second-order valence-corrected chi connectivity index (χ2v) is 3.84. The van der Waals surface area contributed by atoms with Gasteiger partial charge in [-0.05, 0) is 19.8 Å². The summed E-state index contributed by atoms with van der Waals surface area (Å²) in [5.74, 6) is 0.505. The number of amides is 1. The molecular weight excluding hydrogens is 192 g/mol. The van der Waals surface area contributed by atoms with Crippen LogP contribution in [0.3, 0.4) is 0 Å². The van der Waals surface area contributed by atoms with Gasteiger partial charge in [-0.3, -0.25) is 4.79 Å². The highest BCUT2D eigenvalue weighted by molar-refractivity contribution is 5.77. The number of hydrogen-bond donors (Lipinski definition) is 2. The third-order valence-electron chi connectivity index (χ3n) is 2.21. The molecule has 0 aromatic carbocycles. The Kier molecular flexibility index (Phi) is 8.33. The van der Waals surface area contributed by atoms with Crippen LogP contribution in [-0.2, 0) is 9.53 Å². The molecule has 0 saturated carbocycles. The number of likely N-dealkylation sites (N-methyl/N-ethyl adjacent to an activating group) is 1. The van der Waals surface area contributed by atoms with Gasteiger partial charge in [-0.1, -0.05) is 13.8 Å². The number of rotatable bonds is 8. The zero-order valence-corrected chi connectivity index (χ0v) is 10.3. The zero-order valence-electron chi connectivity index (χ0n) is 10.3. The molecule has 15 heavy (non-hydrogen) atoms. The molecule has 0 aromatic heterocycles. The van der Waals surface area contributed by atoms with E-state index in [0.717, 1.165) is 0 Å². The van der Waals surface area contributed by atoms with Crippen molar-refractivity contribution in [1.82, 2.24) is 10.6 Å². The molecule has 0 aliphatic heterocycles. The molecule has 0 aromatic rings. The van der Waals surface area contributed by atoms with Crippen LogP contribution < -0.4 is 10.6 Å². The van der Waals surface area contributed by atoms with Crippen molar-refractivity contribution in [2.45, 2.75) is 33.7 Å². The molecule has 0 fully saturated rings. The van der Waals surface area contributed by atoms with Crippen LogP contribution in [0.25, 0.3) is 0 Å². The lowest BCUT2D eigenvalue weighted by molar-refractivity contribution is -0.120. The summed E-state index contributed by atoms with van der Waals surface area (Å²) in [6.07, 6.45) is 0. The first-order valence-electron chi connectivity index (χ1n) is 5.69. The van der Waals surface area contributed by atoms with E-state index in [-0.39, 0.29) is 11.9 Å². The topological polar surface area (TPSA) is 50.4 Å². The van der Waals surface area contributed by atoms with Crippen molar-refractivity contribution < 1.29 is 9.53 Å². The molecule has 0 heterocycles. The van der Waals surface area contributed by atoms with E-state index in [1.807, 2.05) is 13.8 Å². The summed E-state index contributed by atoms with van der Waals surface area (Å²) in [4.78, 5) is 11.2. The van der Waals surface area contributed by atoms with Crippen LogP contribution in [-0.4, -0.2) is 38.3 Å². The Bertz CT molecular complexity index is 172. The Morgan fingerprint density at radius 1 is 1.33 bits per heavy atom. The summed E-state index contributed by atoms with van der Waals surface area (Å²) in [6.45, 7) is 10.5. The van der Waals surface area contributed by atoms with Gasteiger partial charge >= 0.3 is 0 Å². The predicted octanol–water partition coefficient (Wildman–Crippen LogP) is 0.773. The van der Waals surface area contributed by atoms with Gasteiger partial charge in [-0.25, -0.2) is 0 Å². The van der Waals surface area contributed by atoms with Crippen molar-refractivity contribution >= 4 is 5.91 Å². The number of nitrogens with one attached hydrogen (secondary N) is 2. The highest BCUT2D eigenvalue weighted by Gasteiger charge is 2.13. The second-order valence-electron chi connectivity index (χ2n) is 3.84. The maximum absolute atomic E-state index is 11.2. The molecule has 0 aliphatic carbocycles. The van der Waals surface area contributed by atoms with E-state index in [1.54, 1.807) is 0 Å². The van der Waals surface area contributed by atoms with Crippen molar-refractivity contribution in [2.24, 2.45) is 5.92 Å². The summed E-state index contributed by atoms with van der Waals surface area (Å²) in [5.41, 5.74) is 0. The highest BCUT2D eigenvalue weighted by Crippen LogP contribution is 2.01. The highest BCUT2D eigenvalue weighted by atomic mass is 16.5. The third-order valence-corrected chi connectivity index (χ3v) is 2.21. The van der Waals surface area contributed by atoms with E-state index in [1.165, 1.54) is 0 Å². The molecule has 1 amide bonds. The fourth-order valence-electron chi connectivity index (χ4n) is 1.22. The first-order chi connectivity index (χ1) is 7.11. The van der Waals surface area contributed by atoms with Crippen molar-refractivity contribution in [3.05, 3.63) is 0 Å². The SMILES string of the molecule is CCNC(=O)CNC(COCC)C(C)C. The summed E-state index contributed by atoms with van der Waals surface area (Å²) < 4.78 is 5.35. The minimum Gasteiger partial charge on any atom is -0.380 e. The summed E-state index contributed by atoms with van der Waals surface area (Å²) in [6, 6.07) is 0.243. The Hall–Kier alpha value is -0.610. The number of hydrogen-bond acceptors (Lipinski definition) is 3. The van der Waals surface area contributed by atoms with Gasteiger partial charge in [0.25, 0.3) is 0 Å². The molecule has 0 bridgehead atoms. The Morgan fingerprint density at radius 3 is 2.47 bits per heavy atom. The minimum atomic E-state index is 0.0413. The molecule has 4 nitrogen and oxygen atoms in total. The molecule has 0 rings (SSSR count). The summed E-state index contributed by atoms with van der Waals surface area (Å²) in [7, 11) is 0. The molecule has 4 heteroatoms. The van der Waals surface area contributed by atoms with Gasteiger partial charge in [-0.15, -0.1) is 0 Å². The van der Waals surface area contributed by atoms with Crippen molar-refractivity contribution in [3.8, 4) is 0 Å². The fraction of sp³-hybridized carbons (Fsp3) is 0.909. The van der Waals surface area contributed by atoms with Crippen LogP contribution in [0.15, 0.2) is 0 Å². The number of carbonyl (C=O) groups is 1. The van der Waals surface area contributed by atoms with Crippen LogP contribution in [0.5, 0.6) is 0 Å². The smallest absolute Gasteiger partial charge is 0.233 e. The van der Waals surface area contributed by atoms with Gasteiger partial charge in [0, 0.05) is 19.2 Å². The Balaban J connectivity index is 3.79. The monoisotopic (exact) mass is 216 g/mol. The van der Waals surface area contributed by atoms with Crippen molar-refractivity contribution in [2.75, 3.05) is 26.3 Å². The lowest BCUT2D eigenvalue weighted by Crippen LogP contribution is -2.43. The zero-order chi connectivity index (χ0) is 11.7. The molecule has 1 unspecified atom stereocenters. The quantitative estimate of drug-likeness (QED) is 0.630. The average molecular weight is 216 g/mol. The molecule has 1 atom stereocenters. The second kappa shape index (κ2) is 8.68. The van der Waals surface area contributed by atoms with Gasteiger partial charge in [0.15, 0.2) is 0 Å². The normalized spacial score (nSPS) is 12.9. The first-order valence-corrected chi connectivity index (χ1v) is 5.69. The molecule has 0 saturated heterocycles. The average Bonchev–Trinajstić information content (AvgIpc) is 2.17. The molecule has 90 valence electrons. The number of carbonyl (C=O) groups excluding carboxylic acids is 1. The van der Waals surface area contributed by atoms with E-state index in [2.05, 4.69) is 24.5 Å². The molecule has 2 N–H and O–H groups in total. The van der Waals surface area contributed by atoms with Crippen molar-refractivity contribution in [1.29, 1.82) is 0 Å². The van der Waals surface area contributed by atoms with Gasteiger partial charge in [-0.2, -0.15) is 0 Å². The van der Waals surface area contributed by atoms with E-state index in [0.29, 0.717) is 32.2 Å². The van der Waals surface area contributed by atoms with Crippen LogP contribution in [0, 0.1) is 5.92 Å². The molecule has 0 radical (unpaired) electrons. The maximum Gasteiger partial charge on any atom is 0.233 e. The third kappa shape index (κ3) is 7.33. The van der Waals surface area contributed by atoms with E-state index in [4.69, 9.17) is 4.74 Å². The van der Waals surface area contributed by atoms with E-state index >= 15 is 0 Å². The standard InChI is InChI=1S/C11H24N2O2/c1-5-12-11(14)7-13-10(9(3)4)8-15-6-2/h9-10,13H,5-8H2,1-4H3,(H,12,14). The number of ether oxygens (including phenoxy) is 1. The summed E-state index contributed by atoms with van der Waals surface area (Å²) in [5, 5.41) is 5.96. The van der Waals surface area contributed by atoms with Gasteiger partial charge in [0.2, 0.25) is 5.91 Å². The van der Waals surface area contributed by atoms with Crippen LogP contribution in [0.1, 0.15) is 27.7 Å². The summed E-state index contributed by atoms with van der Waals surface area (Å²) >= 11 is 0. The fourth-order valence-corrected chi connectivity index (χ4v) is 1.22. The minimum absolute atomic E-state index is 0.0413. The van der Waals surface area contributed by atoms with Crippen LogP contribution in [0.4, 0.5) is 0 Å². The lowest BCUT2D eigenvalue weighted by atomic mass is 10.1. The first kappa shape index (κ1) is 14.4. The van der Waals surface area contributed by atoms with Gasteiger partial charge in [0.05, 0.1) is 13.2 Å². The van der Waals surface area contributed by atoms with Gasteiger partial charge < -0.3 is 15.4 Å². The van der Waals surface area contributed by atoms with E-state index < -0.39 is 0 Å². The van der Waals surface area contributed by atoms with Crippen LogP contribution in [0.2, 0.25) is 0 Å². The maximum atomic E-state index is 11.2. The molecular formula is C11H24N2O2. The Labute approximate surface area is 92.8 Å². The lowest BCUT2D eigenvalue weighted by Gasteiger charge is -2.21. The Morgan fingerprint density at radius 2 is 2.00 bits per heavy atom. The largest absolute Gasteiger partial charge is 0.380 e. The van der Waals surface area contributed by atoms with Crippen LogP contribution >= 0.6 is 0 Å². The van der Waals surface area contributed by atoms with Gasteiger partial charge in [0.1, 0.15) is 0 Å². The predicted molar refractivity (Wildman–Crippen MR) is 61.8 cm³/mol.